The van der Waals surface area contributed by atoms with Gasteiger partial charge in [0.05, 0.1) is 5.56 Å². The zero-order chi connectivity index (χ0) is 14.5. The number of nitrogens with zero attached hydrogens (tertiary/aromatic N) is 3. The smallest absolute Gasteiger partial charge is 0.255 e. The molecule has 0 radical (unpaired) electrons. The summed E-state index contributed by atoms with van der Waals surface area (Å²) in [5.74, 6) is 1.61. The highest BCUT2D eigenvalue weighted by molar-refractivity contribution is 5.93. The number of amides is 1. The summed E-state index contributed by atoms with van der Waals surface area (Å²) in [7, 11) is 1.73. The highest BCUT2D eigenvalue weighted by atomic mass is 16.3. The van der Waals surface area contributed by atoms with Gasteiger partial charge in [-0.05, 0) is 31.2 Å². The van der Waals surface area contributed by atoms with E-state index >= 15 is 0 Å². The van der Waals surface area contributed by atoms with E-state index in [1.807, 2.05) is 25.1 Å². The van der Waals surface area contributed by atoms with E-state index < -0.39 is 0 Å². The Balaban J connectivity index is 1.95. The number of pyridine rings is 1. The molecule has 1 amide bonds. The number of carbonyl (C=O) groups excluding carboxylic acids is 1. The number of likely N-dealkylation sites (N-methyl/N-ethyl adjacent to an activating group) is 1. The molecule has 20 heavy (non-hydrogen) atoms. The quantitative estimate of drug-likeness (QED) is 0.852. The summed E-state index contributed by atoms with van der Waals surface area (Å²) >= 11 is 0. The van der Waals surface area contributed by atoms with Gasteiger partial charge in [-0.25, -0.2) is 4.98 Å². The van der Waals surface area contributed by atoms with Gasteiger partial charge in [-0.1, -0.05) is 0 Å². The Hall–Kier alpha value is -2.61. The Morgan fingerprint density at radius 2 is 2.20 bits per heavy atom. The van der Waals surface area contributed by atoms with Crippen LogP contribution in [0.4, 0.5) is 0 Å². The van der Waals surface area contributed by atoms with Gasteiger partial charge in [-0.15, -0.1) is 0 Å². The van der Waals surface area contributed by atoms with Crippen LogP contribution in [0.25, 0.3) is 0 Å². The fourth-order valence-corrected chi connectivity index (χ4v) is 1.81. The number of hydrogen-bond acceptors (Lipinski definition) is 4. The van der Waals surface area contributed by atoms with Crippen LogP contribution in [0.1, 0.15) is 27.6 Å². The summed E-state index contributed by atoms with van der Waals surface area (Å²) < 4.78 is 5.46. The molecule has 0 spiro atoms. The lowest BCUT2D eigenvalue weighted by Crippen LogP contribution is -2.28. The van der Waals surface area contributed by atoms with Crippen molar-refractivity contribution >= 4 is 5.91 Å². The number of nitriles is 1. The Morgan fingerprint density at radius 3 is 2.75 bits per heavy atom. The highest BCUT2D eigenvalue weighted by Crippen LogP contribution is 2.09. The van der Waals surface area contributed by atoms with Crippen molar-refractivity contribution in [2.45, 2.75) is 13.3 Å². The van der Waals surface area contributed by atoms with E-state index in [4.69, 9.17) is 9.68 Å². The largest absolute Gasteiger partial charge is 0.466 e. The van der Waals surface area contributed by atoms with Crippen molar-refractivity contribution in [3.05, 3.63) is 53.2 Å². The summed E-state index contributed by atoms with van der Waals surface area (Å²) in [5, 5.41) is 8.67. The SMILES string of the molecule is Cc1ccc(CCN(C)C(=O)c2ccc(C#N)nc2)o1. The van der Waals surface area contributed by atoms with Gasteiger partial charge in [0.2, 0.25) is 0 Å². The van der Waals surface area contributed by atoms with E-state index in [0.717, 1.165) is 11.5 Å². The average molecular weight is 269 g/mol. The van der Waals surface area contributed by atoms with Crippen LogP contribution in [0, 0.1) is 18.3 Å². The van der Waals surface area contributed by atoms with E-state index in [1.165, 1.54) is 12.3 Å². The molecule has 2 aromatic rings. The molecule has 0 aliphatic carbocycles. The summed E-state index contributed by atoms with van der Waals surface area (Å²) in [5.41, 5.74) is 0.775. The van der Waals surface area contributed by atoms with Crippen LogP contribution in [0.15, 0.2) is 34.9 Å². The number of carbonyl (C=O) groups is 1. The summed E-state index contributed by atoms with van der Waals surface area (Å²) in [4.78, 5) is 17.7. The molecular formula is C15H15N3O2. The Bertz CT molecular complexity index is 638. The molecule has 0 atom stereocenters. The molecule has 0 saturated heterocycles. The van der Waals surface area contributed by atoms with E-state index in [2.05, 4.69) is 4.98 Å². The molecule has 5 heteroatoms. The molecular weight excluding hydrogens is 254 g/mol. The fraction of sp³-hybridized carbons (Fsp3) is 0.267. The van der Waals surface area contributed by atoms with Crippen molar-refractivity contribution in [2.24, 2.45) is 0 Å². The average Bonchev–Trinajstić information content (AvgIpc) is 2.89. The lowest BCUT2D eigenvalue weighted by atomic mass is 10.2. The molecule has 0 aromatic carbocycles. The van der Waals surface area contributed by atoms with Gasteiger partial charge in [-0.2, -0.15) is 5.26 Å². The van der Waals surface area contributed by atoms with Crippen LogP contribution in [0.3, 0.4) is 0 Å². The van der Waals surface area contributed by atoms with Gasteiger partial charge < -0.3 is 9.32 Å². The van der Waals surface area contributed by atoms with Gasteiger partial charge in [0.25, 0.3) is 5.91 Å². The Morgan fingerprint density at radius 1 is 1.40 bits per heavy atom. The monoisotopic (exact) mass is 269 g/mol. The van der Waals surface area contributed by atoms with Crippen LogP contribution in [0.5, 0.6) is 0 Å². The van der Waals surface area contributed by atoms with Crippen LogP contribution in [0.2, 0.25) is 0 Å². The van der Waals surface area contributed by atoms with Crippen LogP contribution >= 0.6 is 0 Å². The van der Waals surface area contributed by atoms with Gasteiger partial charge >= 0.3 is 0 Å². The van der Waals surface area contributed by atoms with Crippen LogP contribution in [-0.2, 0) is 6.42 Å². The van der Waals surface area contributed by atoms with Gasteiger partial charge in [0.15, 0.2) is 0 Å². The lowest BCUT2D eigenvalue weighted by molar-refractivity contribution is 0.0794. The normalized spacial score (nSPS) is 10.1. The third-order valence-electron chi connectivity index (χ3n) is 2.96. The number of hydrogen-bond donors (Lipinski definition) is 0. The third kappa shape index (κ3) is 3.23. The first-order chi connectivity index (χ1) is 9.60. The summed E-state index contributed by atoms with van der Waals surface area (Å²) in [6.45, 7) is 2.45. The second kappa shape index (κ2) is 6.02. The molecule has 0 aliphatic heterocycles. The van der Waals surface area contributed by atoms with E-state index in [9.17, 15) is 4.79 Å². The van der Waals surface area contributed by atoms with E-state index in [0.29, 0.717) is 24.2 Å². The summed E-state index contributed by atoms with van der Waals surface area (Å²) in [6, 6.07) is 8.89. The maximum Gasteiger partial charge on any atom is 0.255 e. The molecule has 2 aromatic heterocycles. The minimum absolute atomic E-state index is 0.120. The minimum Gasteiger partial charge on any atom is -0.466 e. The first-order valence-electron chi connectivity index (χ1n) is 6.27. The van der Waals surface area contributed by atoms with Gasteiger partial charge in [0, 0.05) is 26.2 Å². The van der Waals surface area contributed by atoms with Crippen molar-refractivity contribution < 1.29 is 9.21 Å². The molecule has 0 N–H and O–H groups in total. The van der Waals surface area contributed by atoms with E-state index in [1.54, 1.807) is 18.0 Å². The maximum absolute atomic E-state index is 12.1. The molecule has 0 unspecified atom stereocenters. The summed E-state index contributed by atoms with van der Waals surface area (Å²) in [6.07, 6.45) is 2.09. The first kappa shape index (κ1) is 13.8. The van der Waals surface area contributed by atoms with Crippen molar-refractivity contribution in [1.82, 2.24) is 9.88 Å². The van der Waals surface area contributed by atoms with Crippen molar-refractivity contribution in [2.75, 3.05) is 13.6 Å². The van der Waals surface area contributed by atoms with Gasteiger partial charge in [-0.3, -0.25) is 4.79 Å². The predicted molar refractivity (Wildman–Crippen MR) is 73.1 cm³/mol. The number of rotatable bonds is 4. The lowest BCUT2D eigenvalue weighted by Gasteiger charge is -2.16. The van der Waals surface area contributed by atoms with E-state index in [-0.39, 0.29) is 5.91 Å². The standard InChI is InChI=1S/C15H15N3O2/c1-11-3-6-14(20-11)7-8-18(2)15(19)12-4-5-13(9-16)17-10-12/h3-6,10H,7-8H2,1-2H3. The molecule has 0 fully saturated rings. The second-order valence-corrected chi connectivity index (χ2v) is 4.53. The zero-order valence-corrected chi connectivity index (χ0v) is 11.5. The zero-order valence-electron chi connectivity index (χ0n) is 11.5. The van der Waals surface area contributed by atoms with Crippen molar-refractivity contribution in [1.29, 1.82) is 5.26 Å². The van der Waals surface area contributed by atoms with Crippen molar-refractivity contribution in [3.8, 4) is 6.07 Å². The molecule has 0 bridgehead atoms. The Kier molecular flexibility index (Phi) is 4.16. The third-order valence-corrected chi connectivity index (χ3v) is 2.96. The molecule has 2 heterocycles. The molecule has 102 valence electrons. The number of aryl methyl sites for hydroxylation is 1. The maximum atomic E-state index is 12.1. The topological polar surface area (TPSA) is 70.1 Å². The fourth-order valence-electron chi connectivity index (χ4n) is 1.81. The van der Waals surface area contributed by atoms with Crippen molar-refractivity contribution in [3.63, 3.8) is 0 Å². The first-order valence-corrected chi connectivity index (χ1v) is 6.27. The predicted octanol–water partition coefficient (Wildman–Crippen LogP) is 2.17. The number of aromatic nitrogens is 1. The second-order valence-electron chi connectivity index (χ2n) is 4.53. The molecule has 0 saturated carbocycles. The van der Waals surface area contributed by atoms with Crippen LogP contribution < -0.4 is 0 Å². The van der Waals surface area contributed by atoms with Gasteiger partial charge in [0.1, 0.15) is 23.3 Å². The highest BCUT2D eigenvalue weighted by Gasteiger charge is 2.12. The Labute approximate surface area is 117 Å². The minimum atomic E-state index is -0.120. The number of furan rings is 1. The molecule has 5 nitrogen and oxygen atoms in total. The van der Waals surface area contributed by atoms with Crippen LogP contribution in [-0.4, -0.2) is 29.4 Å². The molecule has 2 rings (SSSR count). The molecule has 0 aliphatic rings.